The van der Waals surface area contributed by atoms with Gasteiger partial charge >= 0.3 is 0 Å². The highest BCUT2D eigenvalue weighted by Gasteiger charge is 2.20. The minimum absolute atomic E-state index is 0.125. The molecule has 2 N–H and O–H groups in total. The number of para-hydroxylation sites is 1. The summed E-state index contributed by atoms with van der Waals surface area (Å²) in [6.45, 7) is 1.89. The minimum atomic E-state index is -0.482. The van der Waals surface area contributed by atoms with Gasteiger partial charge < -0.3 is 10.6 Å². The van der Waals surface area contributed by atoms with E-state index in [0.717, 1.165) is 16.9 Å². The quantitative estimate of drug-likeness (QED) is 0.725. The van der Waals surface area contributed by atoms with Gasteiger partial charge in [0.05, 0.1) is 0 Å². The van der Waals surface area contributed by atoms with Gasteiger partial charge in [-0.1, -0.05) is 48.5 Å². The van der Waals surface area contributed by atoms with Crippen molar-refractivity contribution in [3.8, 4) is 0 Å². The number of hydrogen-bond acceptors (Lipinski definition) is 4. The summed E-state index contributed by atoms with van der Waals surface area (Å²) in [4.78, 5) is 21.3. The van der Waals surface area contributed by atoms with E-state index in [0.29, 0.717) is 12.4 Å². The van der Waals surface area contributed by atoms with Gasteiger partial charge in [-0.3, -0.25) is 4.79 Å². The van der Waals surface area contributed by atoms with Crippen LogP contribution in [0.15, 0.2) is 72.9 Å². The second-order valence-electron chi connectivity index (χ2n) is 5.76. The highest BCUT2D eigenvalue weighted by molar-refractivity contribution is 5.96. The van der Waals surface area contributed by atoms with E-state index in [1.165, 1.54) is 0 Å². The fraction of sp³-hybridized carbons (Fsp3) is 0.150. The van der Waals surface area contributed by atoms with Gasteiger partial charge in [-0.15, -0.1) is 0 Å². The number of nitrogens with zero attached hydrogens (tertiary/aromatic N) is 2. The molecule has 3 aromatic rings. The average Bonchev–Trinajstić information content (AvgIpc) is 2.63. The highest BCUT2D eigenvalue weighted by Crippen LogP contribution is 2.12. The topological polar surface area (TPSA) is 66.9 Å². The van der Waals surface area contributed by atoms with Crippen molar-refractivity contribution < 1.29 is 4.79 Å². The number of rotatable bonds is 6. The number of nitrogens with one attached hydrogen (secondary N) is 2. The van der Waals surface area contributed by atoms with Crippen LogP contribution in [0, 0.1) is 6.92 Å². The van der Waals surface area contributed by atoms with Crippen LogP contribution in [0.3, 0.4) is 0 Å². The third kappa shape index (κ3) is 4.88. The Labute approximate surface area is 147 Å². The van der Waals surface area contributed by atoms with Crippen LogP contribution in [0.4, 0.5) is 11.6 Å². The first-order chi connectivity index (χ1) is 12.2. The third-order valence-electron chi connectivity index (χ3n) is 3.74. The molecule has 1 heterocycles. The van der Waals surface area contributed by atoms with E-state index in [1.54, 1.807) is 6.20 Å². The zero-order valence-electron chi connectivity index (χ0n) is 14.0. The zero-order chi connectivity index (χ0) is 17.5. The van der Waals surface area contributed by atoms with Crippen LogP contribution in [0.5, 0.6) is 0 Å². The summed E-state index contributed by atoms with van der Waals surface area (Å²) in [7, 11) is 0. The molecule has 3 rings (SSSR count). The van der Waals surface area contributed by atoms with Crippen LogP contribution in [0.25, 0.3) is 0 Å². The number of carbonyl (C=O) groups is 1. The maximum atomic E-state index is 12.8. The van der Waals surface area contributed by atoms with Gasteiger partial charge in [0.2, 0.25) is 11.9 Å². The molecule has 0 saturated carbocycles. The molecule has 0 radical (unpaired) electrons. The Morgan fingerprint density at radius 3 is 2.36 bits per heavy atom. The molecule has 2 aromatic carbocycles. The Hall–Kier alpha value is -3.21. The van der Waals surface area contributed by atoms with E-state index in [-0.39, 0.29) is 5.91 Å². The van der Waals surface area contributed by atoms with Crippen molar-refractivity contribution in [3.63, 3.8) is 0 Å². The van der Waals surface area contributed by atoms with Crippen LogP contribution in [0.2, 0.25) is 0 Å². The summed E-state index contributed by atoms with van der Waals surface area (Å²) in [5.41, 5.74) is 2.67. The molecule has 126 valence electrons. The van der Waals surface area contributed by atoms with Crippen LogP contribution in [-0.4, -0.2) is 21.9 Å². The Balaban J connectivity index is 1.79. The van der Waals surface area contributed by atoms with Crippen molar-refractivity contribution in [2.75, 3.05) is 10.6 Å². The van der Waals surface area contributed by atoms with E-state index in [1.807, 2.05) is 73.7 Å². The molecule has 0 fully saturated rings. The molecule has 25 heavy (non-hydrogen) atoms. The lowest BCUT2D eigenvalue weighted by atomic mass is 10.1. The lowest BCUT2D eigenvalue weighted by molar-refractivity contribution is -0.116. The molecule has 1 aromatic heterocycles. The first kappa shape index (κ1) is 16.6. The molecular formula is C20H20N4O. The Kier molecular flexibility index (Phi) is 5.36. The van der Waals surface area contributed by atoms with Crippen molar-refractivity contribution in [2.24, 2.45) is 0 Å². The predicted molar refractivity (Wildman–Crippen MR) is 99.4 cm³/mol. The smallest absolute Gasteiger partial charge is 0.247 e. The van der Waals surface area contributed by atoms with E-state index < -0.39 is 6.04 Å². The van der Waals surface area contributed by atoms with Gasteiger partial charge in [0.1, 0.15) is 6.04 Å². The standard InChI is InChI=1S/C20H20N4O/c1-15-12-13-21-20(22-15)24-18(14-16-8-4-2-5-9-16)19(25)23-17-10-6-3-7-11-17/h2-13,18H,14H2,1H3,(H,23,25)(H,21,22,24)/t18-/m1/s1. The molecule has 0 unspecified atom stereocenters. The number of aromatic nitrogens is 2. The van der Waals surface area contributed by atoms with Gasteiger partial charge in [-0.05, 0) is 30.7 Å². The van der Waals surface area contributed by atoms with E-state index >= 15 is 0 Å². The zero-order valence-corrected chi connectivity index (χ0v) is 14.0. The summed E-state index contributed by atoms with van der Waals surface area (Å²) in [5.74, 6) is 0.323. The molecule has 5 heteroatoms. The number of hydrogen-bond donors (Lipinski definition) is 2. The summed E-state index contributed by atoms with van der Waals surface area (Å²) in [6.07, 6.45) is 2.22. The second-order valence-corrected chi connectivity index (χ2v) is 5.76. The average molecular weight is 332 g/mol. The molecule has 0 aliphatic heterocycles. The second kappa shape index (κ2) is 8.06. The summed E-state index contributed by atoms with van der Waals surface area (Å²) in [5, 5.41) is 6.09. The fourth-order valence-corrected chi connectivity index (χ4v) is 2.48. The first-order valence-corrected chi connectivity index (χ1v) is 8.17. The van der Waals surface area contributed by atoms with Gasteiger partial charge in [-0.2, -0.15) is 0 Å². The first-order valence-electron chi connectivity index (χ1n) is 8.17. The SMILES string of the molecule is Cc1ccnc(N[C@H](Cc2ccccc2)C(=O)Nc2ccccc2)n1. The normalized spacial score (nSPS) is 11.6. The summed E-state index contributed by atoms with van der Waals surface area (Å²) in [6, 6.07) is 20.6. The van der Waals surface area contributed by atoms with E-state index in [2.05, 4.69) is 20.6 Å². The summed E-state index contributed by atoms with van der Waals surface area (Å²) >= 11 is 0. The number of anilines is 2. The molecule has 0 saturated heterocycles. The number of aryl methyl sites for hydroxylation is 1. The van der Waals surface area contributed by atoms with Crippen molar-refractivity contribution in [2.45, 2.75) is 19.4 Å². The van der Waals surface area contributed by atoms with Gasteiger partial charge in [0.25, 0.3) is 0 Å². The monoisotopic (exact) mass is 332 g/mol. The predicted octanol–water partition coefficient (Wildman–Crippen LogP) is 3.45. The van der Waals surface area contributed by atoms with Crippen molar-refractivity contribution in [1.29, 1.82) is 0 Å². The lowest BCUT2D eigenvalue weighted by Crippen LogP contribution is -2.37. The van der Waals surface area contributed by atoms with Crippen molar-refractivity contribution >= 4 is 17.5 Å². The Morgan fingerprint density at radius 2 is 1.68 bits per heavy atom. The largest absolute Gasteiger partial charge is 0.342 e. The lowest BCUT2D eigenvalue weighted by Gasteiger charge is -2.19. The van der Waals surface area contributed by atoms with Crippen LogP contribution in [0.1, 0.15) is 11.3 Å². The number of benzene rings is 2. The Morgan fingerprint density at radius 1 is 1.00 bits per heavy atom. The molecule has 5 nitrogen and oxygen atoms in total. The van der Waals surface area contributed by atoms with Gasteiger partial charge in [0, 0.05) is 24.0 Å². The molecule has 0 spiro atoms. The van der Waals surface area contributed by atoms with Crippen LogP contribution < -0.4 is 10.6 Å². The molecule has 0 bridgehead atoms. The molecule has 1 atom stereocenters. The van der Waals surface area contributed by atoms with Crippen LogP contribution in [-0.2, 0) is 11.2 Å². The van der Waals surface area contributed by atoms with Crippen molar-refractivity contribution in [1.82, 2.24) is 9.97 Å². The summed E-state index contributed by atoms with van der Waals surface area (Å²) < 4.78 is 0. The van der Waals surface area contributed by atoms with Crippen molar-refractivity contribution in [3.05, 3.63) is 84.2 Å². The number of amides is 1. The van der Waals surface area contributed by atoms with E-state index in [9.17, 15) is 4.79 Å². The molecular weight excluding hydrogens is 312 g/mol. The molecule has 0 aliphatic rings. The Bertz CT molecular complexity index is 821. The van der Waals surface area contributed by atoms with Gasteiger partial charge in [0.15, 0.2) is 0 Å². The minimum Gasteiger partial charge on any atom is -0.342 e. The fourth-order valence-electron chi connectivity index (χ4n) is 2.48. The van der Waals surface area contributed by atoms with E-state index in [4.69, 9.17) is 0 Å². The third-order valence-corrected chi connectivity index (χ3v) is 3.74. The molecule has 0 aliphatic carbocycles. The van der Waals surface area contributed by atoms with Crippen LogP contribution >= 0.6 is 0 Å². The maximum absolute atomic E-state index is 12.8. The van der Waals surface area contributed by atoms with Gasteiger partial charge in [-0.25, -0.2) is 9.97 Å². The number of carbonyl (C=O) groups excluding carboxylic acids is 1. The highest BCUT2D eigenvalue weighted by atomic mass is 16.2. The molecule has 1 amide bonds. The maximum Gasteiger partial charge on any atom is 0.247 e.